The second-order valence-electron chi connectivity index (χ2n) is 4.45. The first kappa shape index (κ1) is 16.0. The predicted octanol–water partition coefficient (Wildman–Crippen LogP) is 2.20. The summed E-state index contributed by atoms with van der Waals surface area (Å²) in [6.07, 6.45) is 0.389. The monoisotopic (exact) mass is 328 g/mol. The van der Waals surface area contributed by atoms with Crippen molar-refractivity contribution in [2.45, 2.75) is 13.3 Å². The number of benzene rings is 1. The van der Waals surface area contributed by atoms with Gasteiger partial charge in [-0.25, -0.2) is 0 Å². The summed E-state index contributed by atoms with van der Waals surface area (Å²) in [6, 6.07) is 5.89. The molecule has 1 aromatic carbocycles. The second-order valence-corrected chi connectivity index (χ2v) is 5.31. The molecule has 5 heteroatoms. The fraction of sp³-hybridized carbons (Fsp3) is 0.500. The molecule has 0 atom stereocenters. The van der Waals surface area contributed by atoms with Crippen LogP contribution in [-0.2, 0) is 4.79 Å². The molecule has 0 spiro atoms. The average molecular weight is 329 g/mol. The zero-order valence-electron chi connectivity index (χ0n) is 11.7. The molecule has 0 saturated carbocycles. The van der Waals surface area contributed by atoms with E-state index in [1.807, 2.05) is 39.2 Å². The lowest BCUT2D eigenvalue weighted by atomic mass is 10.2. The van der Waals surface area contributed by atoms with Gasteiger partial charge in [-0.2, -0.15) is 0 Å². The number of hydrogen-bond acceptors (Lipinski definition) is 3. The third kappa shape index (κ3) is 5.61. The van der Waals surface area contributed by atoms with Crippen molar-refractivity contribution in [2.24, 2.45) is 0 Å². The van der Waals surface area contributed by atoms with E-state index >= 15 is 0 Å². The van der Waals surface area contributed by atoms with Crippen LogP contribution in [0.1, 0.15) is 12.0 Å². The van der Waals surface area contributed by atoms with Crippen LogP contribution in [0.2, 0.25) is 0 Å². The van der Waals surface area contributed by atoms with Crippen LogP contribution in [0.15, 0.2) is 22.7 Å². The lowest BCUT2D eigenvalue weighted by Gasteiger charge is -2.17. The van der Waals surface area contributed by atoms with Crippen molar-refractivity contribution < 1.29 is 9.53 Å². The van der Waals surface area contributed by atoms with Crippen LogP contribution in [0, 0.1) is 6.92 Å². The van der Waals surface area contributed by atoms with Gasteiger partial charge in [0.2, 0.25) is 5.91 Å². The third-order valence-corrected chi connectivity index (χ3v) is 3.40. The summed E-state index contributed by atoms with van der Waals surface area (Å²) in [7, 11) is 3.68. The number of nitrogens with one attached hydrogen (secondary N) is 1. The van der Waals surface area contributed by atoms with Gasteiger partial charge in [0.25, 0.3) is 0 Å². The van der Waals surface area contributed by atoms with Gasteiger partial charge < -0.3 is 15.0 Å². The molecule has 1 amide bonds. The van der Waals surface area contributed by atoms with Crippen LogP contribution in [0.4, 0.5) is 0 Å². The summed E-state index contributed by atoms with van der Waals surface area (Å²) in [4.78, 5) is 13.5. The van der Waals surface area contributed by atoms with Gasteiger partial charge in [-0.15, -0.1) is 0 Å². The van der Waals surface area contributed by atoms with Crippen LogP contribution >= 0.6 is 15.9 Å². The van der Waals surface area contributed by atoms with Crippen LogP contribution in [0.3, 0.4) is 0 Å². The molecule has 0 unspecified atom stereocenters. The van der Waals surface area contributed by atoms with Crippen LogP contribution in [0.5, 0.6) is 5.75 Å². The van der Waals surface area contributed by atoms with Gasteiger partial charge in [0.15, 0.2) is 0 Å². The van der Waals surface area contributed by atoms with Crippen molar-refractivity contribution in [1.29, 1.82) is 0 Å². The van der Waals surface area contributed by atoms with E-state index in [9.17, 15) is 4.79 Å². The molecule has 0 radical (unpaired) electrons. The molecule has 1 aromatic rings. The number of halogens is 1. The molecule has 0 heterocycles. The highest BCUT2D eigenvalue weighted by molar-refractivity contribution is 9.10. The topological polar surface area (TPSA) is 41.6 Å². The Morgan fingerprint density at radius 2 is 2.21 bits per heavy atom. The Morgan fingerprint density at radius 1 is 1.47 bits per heavy atom. The average Bonchev–Trinajstić information content (AvgIpc) is 2.38. The fourth-order valence-corrected chi connectivity index (χ4v) is 2.17. The molecule has 0 aliphatic heterocycles. The molecule has 0 aliphatic rings. The Morgan fingerprint density at radius 3 is 2.84 bits per heavy atom. The zero-order chi connectivity index (χ0) is 14.3. The van der Waals surface area contributed by atoms with Crippen LogP contribution in [0.25, 0.3) is 0 Å². The number of aryl methyl sites for hydroxylation is 1. The first-order valence-electron chi connectivity index (χ1n) is 6.32. The van der Waals surface area contributed by atoms with Gasteiger partial charge in [0, 0.05) is 20.1 Å². The molecule has 0 aliphatic carbocycles. The van der Waals surface area contributed by atoms with Crippen molar-refractivity contribution in [1.82, 2.24) is 10.2 Å². The van der Waals surface area contributed by atoms with Gasteiger partial charge in [-0.05, 0) is 47.6 Å². The Kier molecular flexibility index (Phi) is 6.87. The summed E-state index contributed by atoms with van der Waals surface area (Å²) in [5.41, 5.74) is 1.17. The lowest BCUT2D eigenvalue weighted by molar-refractivity contribution is -0.130. The molecule has 0 saturated heterocycles. The predicted molar refractivity (Wildman–Crippen MR) is 80.6 cm³/mol. The molecule has 0 aromatic heterocycles. The Labute approximate surface area is 123 Å². The number of carbonyl (C=O) groups excluding carboxylic acids is 1. The number of nitrogens with zero attached hydrogens (tertiary/aromatic N) is 1. The maximum Gasteiger partial charge on any atom is 0.225 e. The van der Waals surface area contributed by atoms with Gasteiger partial charge in [-0.1, -0.05) is 6.07 Å². The number of ether oxygens (including phenoxy) is 1. The summed E-state index contributed by atoms with van der Waals surface area (Å²) >= 11 is 3.45. The highest BCUT2D eigenvalue weighted by atomic mass is 79.9. The number of amides is 1. The van der Waals surface area contributed by atoms with Gasteiger partial charge in [0.1, 0.15) is 5.75 Å². The Balaban J connectivity index is 2.35. The van der Waals surface area contributed by atoms with Crippen molar-refractivity contribution >= 4 is 21.8 Å². The number of rotatable bonds is 7. The van der Waals surface area contributed by atoms with E-state index < -0.39 is 0 Å². The smallest absolute Gasteiger partial charge is 0.225 e. The zero-order valence-corrected chi connectivity index (χ0v) is 13.3. The molecular formula is C14H21BrN2O2. The highest BCUT2D eigenvalue weighted by Gasteiger charge is 2.08. The van der Waals surface area contributed by atoms with E-state index in [0.717, 1.165) is 16.8 Å². The number of carbonyl (C=O) groups is 1. The van der Waals surface area contributed by atoms with E-state index in [1.54, 1.807) is 4.90 Å². The quantitative estimate of drug-likeness (QED) is 0.834. The van der Waals surface area contributed by atoms with Crippen LogP contribution < -0.4 is 10.1 Å². The van der Waals surface area contributed by atoms with E-state index in [0.29, 0.717) is 19.6 Å². The highest BCUT2D eigenvalue weighted by Crippen LogP contribution is 2.25. The van der Waals surface area contributed by atoms with E-state index in [2.05, 4.69) is 21.2 Å². The maximum atomic E-state index is 11.8. The summed E-state index contributed by atoms with van der Waals surface area (Å²) in [5, 5.41) is 3.02. The molecule has 0 fully saturated rings. The van der Waals surface area contributed by atoms with Gasteiger partial charge >= 0.3 is 0 Å². The van der Waals surface area contributed by atoms with E-state index in [1.165, 1.54) is 5.56 Å². The molecule has 106 valence electrons. The second kappa shape index (κ2) is 8.17. The summed E-state index contributed by atoms with van der Waals surface area (Å²) in [5.74, 6) is 0.870. The normalized spacial score (nSPS) is 10.3. The minimum atomic E-state index is 0.0958. The summed E-state index contributed by atoms with van der Waals surface area (Å²) in [6.45, 7) is 3.93. The van der Waals surface area contributed by atoms with Crippen LogP contribution in [-0.4, -0.2) is 44.6 Å². The van der Waals surface area contributed by atoms with Crippen molar-refractivity contribution in [3.8, 4) is 5.75 Å². The maximum absolute atomic E-state index is 11.8. The Bertz CT molecular complexity index is 424. The standard InChI is InChI=1S/C14H21BrN2O2/c1-11-4-5-13(12(15)10-11)19-9-6-14(18)17(3)8-7-16-2/h4-5,10,16H,6-9H2,1-3H3. The van der Waals surface area contributed by atoms with Gasteiger partial charge in [0.05, 0.1) is 17.5 Å². The van der Waals surface area contributed by atoms with Crippen molar-refractivity contribution in [2.75, 3.05) is 33.8 Å². The molecule has 1 N–H and O–H groups in total. The minimum Gasteiger partial charge on any atom is -0.492 e. The number of likely N-dealkylation sites (N-methyl/N-ethyl adjacent to an activating group) is 2. The fourth-order valence-electron chi connectivity index (χ4n) is 1.57. The minimum absolute atomic E-state index is 0.0958. The molecule has 0 bridgehead atoms. The SMILES string of the molecule is CNCCN(C)C(=O)CCOc1ccc(C)cc1Br. The molecule has 4 nitrogen and oxygen atoms in total. The van der Waals surface area contributed by atoms with Crippen molar-refractivity contribution in [3.63, 3.8) is 0 Å². The lowest BCUT2D eigenvalue weighted by Crippen LogP contribution is -2.33. The Hall–Kier alpha value is -1.07. The molecular weight excluding hydrogens is 308 g/mol. The first-order valence-corrected chi connectivity index (χ1v) is 7.11. The number of hydrogen-bond donors (Lipinski definition) is 1. The first-order chi connectivity index (χ1) is 9.04. The molecule has 19 heavy (non-hydrogen) atoms. The van der Waals surface area contributed by atoms with E-state index in [4.69, 9.17) is 4.74 Å². The van der Waals surface area contributed by atoms with Crippen molar-refractivity contribution in [3.05, 3.63) is 28.2 Å². The van der Waals surface area contributed by atoms with E-state index in [-0.39, 0.29) is 5.91 Å². The summed E-state index contributed by atoms with van der Waals surface area (Å²) < 4.78 is 6.53. The largest absolute Gasteiger partial charge is 0.492 e. The third-order valence-electron chi connectivity index (χ3n) is 2.78. The molecule has 1 rings (SSSR count). The van der Waals surface area contributed by atoms with Gasteiger partial charge in [-0.3, -0.25) is 4.79 Å².